The van der Waals surface area contributed by atoms with Crippen LogP contribution in [0, 0.1) is 0 Å². The highest BCUT2D eigenvalue weighted by Crippen LogP contribution is 2.24. The lowest BCUT2D eigenvalue weighted by atomic mass is 10.1. The second-order valence-electron chi connectivity index (χ2n) is 4.29. The molecule has 1 saturated heterocycles. The van der Waals surface area contributed by atoms with Gasteiger partial charge in [-0.3, -0.25) is 0 Å². The van der Waals surface area contributed by atoms with E-state index < -0.39 is 0 Å². The van der Waals surface area contributed by atoms with Gasteiger partial charge in [0.2, 0.25) is 0 Å². The molecule has 1 N–H and O–H groups in total. The summed E-state index contributed by atoms with van der Waals surface area (Å²) in [5.74, 6) is 0.956. The second-order valence-corrected chi connectivity index (χ2v) is 4.29. The SMILES string of the molecule is c1ccc(-c2cccc(OC3CNC3)c2)cc1. The van der Waals surface area contributed by atoms with E-state index in [2.05, 4.69) is 41.7 Å². The standard InChI is InChI=1S/C15H15NO/c1-2-5-12(6-3-1)13-7-4-8-14(9-13)17-15-10-16-11-15/h1-9,15-16H,10-11H2. The first kappa shape index (κ1) is 10.4. The van der Waals surface area contributed by atoms with Crippen LogP contribution in [0.5, 0.6) is 5.75 Å². The Balaban J connectivity index is 1.83. The summed E-state index contributed by atoms with van der Waals surface area (Å²) in [6.45, 7) is 1.91. The number of hydrogen-bond donors (Lipinski definition) is 1. The molecular formula is C15H15NO. The number of benzene rings is 2. The van der Waals surface area contributed by atoms with Crippen molar-refractivity contribution in [3.8, 4) is 16.9 Å². The van der Waals surface area contributed by atoms with Crippen molar-refractivity contribution in [3.63, 3.8) is 0 Å². The van der Waals surface area contributed by atoms with E-state index in [4.69, 9.17) is 4.74 Å². The summed E-state index contributed by atoms with van der Waals surface area (Å²) in [5.41, 5.74) is 2.43. The molecule has 2 nitrogen and oxygen atoms in total. The van der Waals surface area contributed by atoms with Crippen LogP contribution >= 0.6 is 0 Å². The maximum absolute atomic E-state index is 5.85. The van der Waals surface area contributed by atoms with Gasteiger partial charge < -0.3 is 10.1 Å². The quantitative estimate of drug-likeness (QED) is 0.867. The summed E-state index contributed by atoms with van der Waals surface area (Å²) < 4.78 is 5.85. The minimum absolute atomic E-state index is 0.334. The van der Waals surface area contributed by atoms with Crippen LogP contribution in [-0.2, 0) is 0 Å². The normalized spacial score (nSPS) is 15.3. The lowest BCUT2D eigenvalue weighted by molar-refractivity contribution is 0.142. The van der Waals surface area contributed by atoms with E-state index in [9.17, 15) is 0 Å². The highest BCUT2D eigenvalue weighted by atomic mass is 16.5. The van der Waals surface area contributed by atoms with Gasteiger partial charge in [-0.25, -0.2) is 0 Å². The van der Waals surface area contributed by atoms with E-state index in [0.717, 1.165) is 18.8 Å². The first-order chi connectivity index (χ1) is 8.42. The fourth-order valence-corrected chi connectivity index (χ4v) is 1.92. The van der Waals surface area contributed by atoms with Crippen molar-refractivity contribution in [2.24, 2.45) is 0 Å². The molecule has 17 heavy (non-hydrogen) atoms. The van der Waals surface area contributed by atoms with E-state index >= 15 is 0 Å². The summed E-state index contributed by atoms with van der Waals surface area (Å²) in [6.07, 6.45) is 0.334. The molecule has 2 aromatic rings. The summed E-state index contributed by atoms with van der Waals surface area (Å²) in [5, 5.41) is 3.20. The van der Waals surface area contributed by atoms with Gasteiger partial charge in [0.05, 0.1) is 0 Å². The van der Waals surface area contributed by atoms with E-state index in [-0.39, 0.29) is 0 Å². The van der Waals surface area contributed by atoms with Crippen LogP contribution in [0.4, 0.5) is 0 Å². The lowest BCUT2D eigenvalue weighted by Gasteiger charge is -2.27. The van der Waals surface area contributed by atoms with E-state index in [0.29, 0.717) is 6.10 Å². The van der Waals surface area contributed by atoms with Crippen LogP contribution in [0.1, 0.15) is 0 Å². The van der Waals surface area contributed by atoms with Crippen LogP contribution < -0.4 is 10.1 Å². The van der Waals surface area contributed by atoms with Gasteiger partial charge in [0, 0.05) is 13.1 Å². The molecule has 0 unspecified atom stereocenters. The van der Waals surface area contributed by atoms with Gasteiger partial charge in [-0.2, -0.15) is 0 Å². The topological polar surface area (TPSA) is 21.3 Å². The van der Waals surface area contributed by atoms with Crippen LogP contribution in [-0.4, -0.2) is 19.2 Å². The average Bonchev–Trinajstić information content (AvgIpc) is 2.35. The zero-order valence-electron chi connectivity index (χ0n) is 9.60. The Hall–Kier alpha value is -1.80. The summed E-state index contributed by atoms with van der Waals surface area (Å²) >= 11 is 0. The molecule has 0 radical (unpaired) electrons. The Morgan fingerprint density at radius 1 is 0.882 bits per heavy atom. The lowest BCUT2D eigenvalue weighted by Crippen LogP contribution is -2.50. The number of rotatable bonds is 3. The van der Waals surface area contributed by atoms with Crippen molar-refractivity contribution >= 4 is 0 Å². The first-order valence-electron chi connectivity index (χ1n) is 5.95. The van der Waals surface area contributed by atoms with Gasteiger partial charge in [0.15, 0.2) is 0 Å². The van der Waals surface area contributed by atoms with Gasteiger partial charge in [0.25, 0.3) is 0 Å². The highest BCUT2D eigenvalue weighted by molar-refractivity contribution is 5.64. The molecule has 1 aliphatic heterocycles. The number of nitrogens with one attached hydrogen (secondary N) is 1. The third-order valence-electron chi connectivity index (χ3n) is 2.99. The smallest absolute Gasteiger partial charge is 0.123 e. The molecule has 0 bridgehead atoms. The maximum atomic E-state index is 5.85. The minimum atomic E-state index is 0.334. The zero-order valence-corrected chi connectivity index (χ0v) is 9.60. The monoisotopic (exact) mass is 225 g/mol. The predicted octanol–water partition coefficient (Wildman–Crippen LogP) is 2.70. The summed E-state index contributed by atoms with van der Waals surface area (Å²) in [7, 11) is 0. The molecule has 1 aliphatic rings. The third kappa shape index (κ3) is 2.32. The van der Waals surface area contributed by atoms with Crippen molar-refractivity contribution in [2.45, 2.75) is 6.10 Å². The molecule has 1 fully saturated rings. The van der Waals surface area contributed by atoms with E-state index in [1.54, 1.807) is 0 Å². The Bertz CT molecular complexity index is 491. The molecule has 3 rings (SSSR count). The minimum Gasteiger partial charge on any atom is -0.488 e. The molecule has 1 heterocycles. The van der Waals surface area contributed by atoms with Crippen LogP contribution in [0.3, 0.4) is 0 Å². The van der Waals surface area contributed by atoms with Crippen LogP contribution in [0.15, 0.2) is 54.6 Å². The van der Waals surface area contributed by atoms with Crippen LogP contribution in [0.25, 0.3) is 11.1 Å². The van der Waals surface area contributed by atoms with Crippen molar-refractivity contribution in [1.29, 1.82) is 0 Å². The molecule has 2 aromatic carbocycles. The third-order valence-corrected chi connectivity index (χ3v) is 2.99. The van der Waals surface area contributed by atoms with Crippen molar-refractivity contribution in [2.75, 3.05) is 13.1 Å². The number of hydrogen-bond acceptors (Lipinski definition) is 2. The average molecular weight is 225 g/mol. The molecule has 0 aliphatic carbocycles. The van der Waals surface area contributed by atoms with E-state index in [1.165, 1.54) is 11.1 Å². The van der Waals surface area contributed by atoms with Crippen LogP contribution in [0.2, 0.25) is 0 Å². The largest absolute Gasteiger partial charge is 0.488 e. The van der Waals surface area contributed by atoms with Gasteiger partial charge in [-0.05, 0) is 23.3 Å². The molecule has 0 amide bonds. The molecule has 0 saturated carbocycles. The molecule has 86 valence electrons. The van der Waals surface area contributed by atoms with Gasteiger partial charge in [-0.1, -0.05) is 42.5 Å². The van der Waals surface area contributed by atoms with Crippen molar-refractivity contribution in [1.82, 2.24) is 5.32 Å². The Kier molecular flexibility index (Phi) is 2.80. The fraction of sp³-hybridized carbons (Fsp3) is 0.200. The molecule has 0 spiro atoms. The molecular weight excluding hydrogens is 210 g/mol. The van der Waals surface area contributed by atoms with Crippen molar-refractivity contribution < 1.29 is 4.74 Å². The Labute approximate surface area is 101 Å². The summed E-state index contributed by atoms with van der Waals surface area (Å²) in [6, 6.07) is 18.7. The first-order valence-corrected chi connectivity index (χ1v) is 5.95. The van der Waals surface area contributed by atoms with E-state index in [1.807, 2.05) is 18.2 Å². The number of ether oxygens (including phenoxy) is 1. The molecule has 0 atom stereocenters. The zero-order chi connectivity index (χ0) is 11.5. The highest BCUT2D eigenvalue weighted by Gasteiger charge is 2.18. The Morgan fingerprint density at radius 2 is 1.65 bits per heavy atom. The predicted molar refractivity (Wildman–Crippen MR) is 69.2 cm³/mol. The van der Waals surface area contributed by atoms with Crippen molar-refractivity contribution in [3.05, 3.63) is 54.6 Å². The summed E-state index contributed by atoms with van der Waals surface area (Å²) in [4.78, 5) is 0. The van der Waals surface area contributed by atoms with Gasteiger partial charge in [-0.15, -0.1) is 0 Å². The Morgan fingerprint density at radius 3 is 2.35 bits per heavy atom. The molecule has 0 aromatic heterocycles. The fourth-order valence-electron chi connectivity index (χ4n) is 1.92. The van der Waals surface area contributed by atoms with Gasteiger partial charge in [0.1, 0.15) is 11.9 Å². The van der Waals surface area contributed by atoms with Gasteiger partial charge >= 0.3 is 0 Å². The maximum Gasteiger partial charge on any atom is 0.123 e. The molecule has 2 heteroatoms. The second kappa shape index (κ2) is 4.60.